The van der Waals surface area contributed by atoms with E-state index in [0.717, 1.165) is 35.2 Å². The first-order chi connectivity index (χ1) is 13.3. The Morgan fingerprint density at radius 3 is 2.39 bits per heavy atom. The molecule has 146 valence electrons. The number of halogens is 1. The highest BCUT2D eigenvalue weighted by molar-refractivity contribution is 7.91. The van der Waals surface area contributed by atoms with Gasteiger partial charge in [0.2, 0.25) is 0 Å². The molecule has 0 spiro atoms. The van der Waals surface area contributed by atoms with Crippen molar-refractivity contribution in [2.45, 2.75) is 11.8 Å². The average molecular weight is 417 g/mol. The van der Waals surface area contributed by atoms with Gasteiger partial charge in [-0.3, -0.25) is 4.98 Å². The number of sulfone groups is 1. The SMILES string of the molecule is Cc1nc2ccc(N3CCOCC3)cc2c(-c2ccc(Cl)cc2)c1S(C)(=O)=O. The molecule has 0 atom stereocenters. The molecule has 1 aliphatic rings. The van der Waals surface area contributed by atoms with Gasteiger partial charge in [-0.25, -0.2) is 8.42 Å². The van der Waals surface area contributed by atoms with Crippen molar-refractivity contribution in [1.82, 2.24) is 4.98 Å². The summed E-state index contributed by atoms with van der Waals surface area (Å²) in [5.41, 5.74) is 3.79. The number of benzene rings is 2. The maximum atomic E-state index is 12.7. The minimum Gasteiger partial charge on any atom is -0.378 e. The molecule has 1 fully saturated rings. The minimum absolute atomic E-state index is 0.265. The van der Waals surface area contributed by atoms with E-state index in [0.29, 0.717) is 29.5 Å². The van der Waals surface area contributed by atoms with Crippen LogP contribution in [0.4, 0.5) is 5.69 Å². The number of aryl methyl sites for hydroxylation is 1. The first-order valence-corrected chi connectivity index (χ1v) is 11.3. The molecule has 28 heavy (non-hydrogen) atoms. The number of hydrogen-bond acceptors (Lipinski definition) is 5. The van der Waals surface area contributed by atoms with Crippen molar-refractivity contribution in [3.8, 4) is 11.1 Å². The number of aromatic nitrogens is 1. The summed E-state index contributed by atoms with van der Waals surface area (Å²) >= 11 is 6.06. The first-order valence-electron chi connectivity index (χ1n) is 9.07. The van der Waals surface area contributed by atoms with E-state index in [-0.39, 0.29) is 4.90 Å². The van der Waals surface area contributed by atoms with E-state index in [1.165, 1.54) is 6.26 Å². The maximum Gasteiger partial charge on any atom is 0.177 e. The number of nitrogens with zero attached hydrogens (tertiary/aromatic N) is 2. The molecule has 3 aromatic rings. The van der Waals surface area contributed by atoms with Gasteiger partial charge in [0.15, 0.2) is 9.84 Å². The summed E-state index contributed by atoms with van der Waals surface area (Å²) in [6.07, 6.45) is 1.23. The largest absolute Gasteiger partial charge is 0.378 e. The summed E-state index contributed by atoms with van der Waals surface area (Å²) in [5.74, 6) is 0. The third-order valence-corrected chi connectivity index (χ3v) is 6.47. The van der Waals surface area contributed by atoms with Crippen LogP contribution >= 0.6 is 11.6 Å². The molecule has 1 saturated heterocycles. The number of ether oxygens (including phenoxy) is 1. The Morgan fingerprint density at radius 2 is 1.75 bits per heavy atom. The zero-order valence-corrected chi connectivity index (χ0v) is 17.3. The van der Waals surface area contributed by atoms with Gasteiger partial charge in [0.25, 0.3) is 0 Å². The second-order valence-electron chi connectivity index (χ2n) is 6.98. The topological polar surface area (TPSA) is 59.5 Å². The van der Waals surface area contributed by atoms with Crippen LogP contribution in [0.25, 0.3) is 22.0 Å². The molecular formula is C21H21ClN2O3S. The molecule has 1 aromatic heterocycles. The Labute approximate surface area is 169 Å². The molecule has 0 aliphatic carbocycles. The van der Waals surface area contributed by atoms with E-state index in [1.807, 2.05) is 30.3 Å². The molecule has 0 saturated carbocycles. The standard InChI is InChI=1S/C21H21ClN2O3S/c1-14-21(28(2,25)26)20(15-3-5-16(22)6-4-15)18-13-17(7-8-19(18)23-14)24-9-11-27-12-10-24/h3-8,13H,9-12H2,1-2H3. The van der Waals surface area contributed by atoms with Crippen LogP contribution in [0.3, 0.4) is 0 Å². The van der Waals surface area contributed by atoms with Gasteiger partial charge in [0.05, 0.1) is 29.3 Å². The second-order valence-corrected chi connectivity index (χ2v) is 9.37. The Morgan fingerprint density at radius 1 is 1.07 bits per heavy atom. The van der Waals surface area contributed by atoms with Gasteiger partial charge in [-0.2, -0.15) is 0 Å². The van der Waals surface area contributed by atoms with E-state index in [4.69, 9.17) is 16.3 Å². The van der Waals surface area contributed by atoms with E-state index >= 15 is 0 Å². The fourth-order valence-corrected chi connectivity index (χ4v) is 5.04. The Balaban J connectivity index is 2.03. The van der Waals surface area contributed by atoms with Crippen molar-refractivity contribution >= 4 is 38.0 Å². The zero-order chi connectivity index (χ0) is 19.9. The summed E-state index contributed by atoms with van der Waals surface area (Å²) in [4.78, 5) is 7.09. The second kappa shape index (κ2) is 7.35. The zero-order valence-electron chi connectivity index (χ0n) is 15.8. The van der Waals surface area contributed by atoms with Crippen LogP contribution in [0.15, 0.2) is 47.4 Å². The van der Waals surface area contributed by atoms with Crippen LogP contribution in [0.1, 0.15) is 5.69 Å². The fourth-order valence-electron chi connectivity index (χ4n) is 3.73. The van der Waals surface area contributed by atoms with Gasteiger partial charge in [-0.15, -0.1) is 0 Å². The summed E-state index contributed by atoms with van der Waals surface area (Å²) in [7, 11) is -3.48. The number of hydrogen-bond donors (Lipinski definition) is 0. The molecule has 0 amide bonds. The van der Waals surface area contributed by atoms with Gasteiger partial charge in [0.1, 0.15) is 0 Å². The van der Waals surface area contributed by atoms with Gasteiger partial charge in [-0.05, 0) is 42.8 Å². The first kappa shape index (κ1) is 19.2. The maximum absolute atomic E-state index is 12.7. The van der Waals surface area contributed by atoms with E-state index < -0.39 is 9.84 Å². The molecule has 0 bridgehead atoms. The summed E-state index contributed by atoms with van der Waals surface area (Å²) in [5, 5.41) is 1.42. The van der Waals surface area contributed by atoms with Gasteiger partial charge < -0.3 is 9.64 Å². The molecule has 5 nitrogen and oxygen atoms in total. The van der Waals surface area contributed by atoms with E-state index in [1.54, 1.807) is 19.1 Å². The Kier molecular flexibility index (Phi) is 5.04. The minimum atomic E-state index is -3.48. The predicted molar refractivity (Wildman–Crippen MR) is 113 cm³/mol. The van der Waals surface area contributed by atoms with Crippen LogP contribution in [0, 0.1) is 6.92 Å². The highest BCUT2D eigenvalue weighted by atomic mass is 35.5. The van der Waals surface area contributed by atoms with Crippen LogP contribution in [0.2, 0.25) is 5.02 Å². The highest BCUT2D eigenvalue weighted by Crippen LogP contribution is 2.38. The predicted octanol–water partition coefficient (Wildman–Crippen LogP) is 4.10. The lowest BCUT2D eigenvalue weighted by Gasteiger charge is -2.29. The molecule has 2 heterocycles. The third-order valence-electron chi connectivity index (χ3n) is 4.97. The van der Waals surface area contributed by atoms with Crippen molar-refractivity contribution in [2.75, 3.05) is 37.5 Å². The van der Waals surface area contributed by atoms with E-state index in [2.05, 4.69) is 9.88 Å². The molecule has 2 aromatic carbocycles. The summed E-state index contributed by atoms with van der Waals surface area (Å²) in [6, 6.07) is 13.3. The van der Waals surface area contributed by atoms with Gasteiger partial charge in [-0.1, -0.05) is 23.7 Å². The van der Waals surface area contributed by atoms with Crippen molar-refractivity contribution in [3.05, 3.63) is 53.2 Å². The lowest BCUT2D eigenvalue weighted by molar-refractivity contribution is 0.122. The number of fused-ring (bicyclic) bond motifs is 1. The lowest BCUT2D eigenvalue weighted by Crippen LogP contribution is -2.36. The quantitative estimate of drug-likeness (QED) is 0.643. The van der Waals surface area contributed by atoms with Crippen molar-refractivity contribution in [2.24, 2.45) is 0 Å². The van der Waals surface area contributed by atoms with Gasteiger partial charge in [0, 0.05) is 41.0 Å². The van der Waals surface area contributed by atoms with Gasteiger partial charge >= 0.3 is 0 Å². The molecular weight excluding hydrogens is 396 g/mol. The van der Waals surface area contributed by atoms with Crippen LogP contribution in [-0.2, 0) is 14.6 Å². The van der Waals surface area contributed by atoms with Crippen molar-refractivity contribution in [3.63, 3.8) is 0 Å². The van der Waals surface area contributed by atoms with Crippen LogP contribution in [0.5, 0.6) is 0 Å². The average Bonchev–Trinajstić information content (AvgIpc) is 2.67. The normalized spacial score (nSPS) is 15.2. The summed E-state index contributed by atoms with van der Waals surface area (Å²) in [6.45, 7) is 4.72. The smallest absolute Gasteiger partial charge is 0.177 e. The van der Waals surface area contributed by atoms with Crippen molar-refractivity contribution < 1.29 is 13.2 Å². The number of pyridine rings is 1. The van der Waals surface area contributed by atoms with Crippen molar-refractivity contribution in [1.29, 1.82) is 0 Å². The molecule has 4 rings (SSSR count). The van der Waals surface area contributed by atoms with Crippen LogP contribution in [-0.4, -0.2) is 46.0 Å². The number of rotatable bonds is 3. The summed E-state index contributed by atoms with van der Waals surface area (Å²) < 4.78 is 30.8. The molecule has 0 N–H and O–H groups in total. The fraction of sp³-hybridized carbons (Fsp3) is 0.286. The Bertz CT molecular complexity index is 1140. The monoisotopic (exact) mass is 416 g/mol. The molecule has 0 unspecified atom stereocenters. The van der Waals surface area contributed by atoms with E-state index in [9.17, 15) is 8.42 Å². The number of morpholine rings is 1. The molecule has 0 radical (unpaired) electrons. The highest BCUT2D eigenvalue weighted by Gasteiger charge is 2.23. The molecule has 7 heteroatoms. The third kappa shape index (κ3) is 3.60. The number of anilines is 1. The Hall–Kier alpha value is -2.15. The molecule has 1 aliphatic heterocycles. The lowest BCUT2D eigenvalue weighted by atomic mass is 9.99. The van der Waals surface area contributed by atoms with Crippen LogP contribution < -0.4 is 4.90 Å².